The lowest BCUT2D eigenvalue weighted by atomic mass is 9.98. The lowest BCUT2D eigenvalue weighted by Crippen LogP contribution is -2.55. The van der Waals surface area contributed by atoms with Gasteiger partial charge in [0.1, 0.15) is 0 Å². The molecule has 3 heterocycles. The summed E-state index contributed by atoms with van der Waals surface area (Å²) in [6.07, 6.45) is 5.30. The minimum atomic E-state index is 0. The molecule has 3 fully saturated rings. The standard InChI is InChI=1S/C19H37N5O.HI/c1-19(2,24-8-5-4-6-9-24)16-21-18(20-3)23-10-7-17(15-23)22-11-13-25-14-12-22;/h17H,4-16H2,1-3H3,(H,20,21);1H. The molecule has 3 aliphatic heterocycles. The maximum Gasteiger partial charge on any atom is 0.193 e. The maximum atomic E-state index is 5.49. The Morgan fingerprint density at radius 1 is 1.08 bits per heavy atom. The van der Waals surface area contributed by atoms with Gasteiger partial charge in [0.15, 0.2) is 5.96 Å². The molecule has 0 saturated carbocycles. The van der Waals surface area contributed by atoms with E-state index in [4.69, 9.17) is 4.74 Å². The molecule has 0 amide bonds. The molecule has 0 aliphatic carbocycles. The Bertz CT molecular complexity index is 447. The fourth-order valence-corrected chi connectivity index (χ4v) is 4.41. The Hall–Kier alpha value is -0.120. The lowest BCUT2D eigenvalue weighted by Gasteiger charge is -2.41. The van der Waals surface area contributed by atoms with Gasteiger partial charge in [0, 0.05) is 51.4 Å². The van der Waals surface area contributed by atoms with Crippen molar-refractivity contribution in [1.82, 2.24) is 20.0 Å². The van der Waals surface area contributed by atoms with E-state index in [0.717, 1.165) is 51.9 Å². The zero-order valence-electron chi connectivity index (χ0n) is 16.9. The highest BCUT2D eigenvalue weighted by Gasteiger charge is 2.32. The molecule has 0 bridgehead atoms. The fourth-order valence-electron chi connectivity index (χ4n) is 4.41. The van der Waals surface area contributed by atoms with Crippen molar-refractivity contribution < 1.29 is 4.74 Å². The van der Waals surface area contributed by atoms with Gasteiger partial charge >= 0.3 is 0 Å². The zero-order valence-corrected chi connectivity index (χ0v) is 19.2. The minimum absolute atomic E-state index is 0. The van der Waals surface area contributed by atoms with Crippen LogP contribution in [0.15, 0.2) is 4.99 Å². The van der Waals surface area contributed by atoms with E-state index in [1.54, 1.807) is 0 Å². The number of rotatable bonds is 4. The van der Waals surface area contributed by atoms with Crippen LogP contribution in [0.5, 0.6) is 0 Å². The number of hydrogen-bond acceptors (Lipinski definition) is 4. The van der Waals surface area contributed by atoms with Gasteiger partial charge in [-0.3, -0.25) is 14.8 Å². The number of nitrogens with one attached hydrogen (secondary N) is 1. The maximum absolute atomic E-state index is 5.49. The summed E-state index contributed by atoms with van der Waals surface area (Å²) in [5.74, 6) is 1.07. The Kier molecular flexibility index (Phi) is 8.90. The van der Waals surface area contributed by atoms with Crippen LogP contribution in [0.3, 0.4) is 0 Å². The molecule has 1 atom stereocenters. The normalized spacial score (nSPS) is 26.7. The van der Waals surface area contributed by atoms with E-state index in [0.29, 0.717) is 6.04 Å². The van der Waals surface area contributed by atoms with Crippen molar-refractivity contribution in [2.75, 3.05) is 66.1 Å². The van der Waals surface area contributed by atoms with Gasteiger partial charge in [-0.2, -0.15) is 0 Å². The highest BCUT2D eigenvalue weighted by Crippen LogP contribution is 2.21. The number of guanidine groups is 1. The van der Waals surface area contributed by atoms with Crippen molar-refractivity contribution >= 4 is 29.9 Å². The predicted octanol–water partition coefficient (Wildman–Crippen LogP) is 1.85. The molecular weight excluding hydrogens is 441 g/mol. The molecule has 0 spiro atoms. The predicted molar refractivity (Wildman–Crippen MR) is 119 cm³/mol. The van der Waals surface area contributed by atoms with Crippen LogP contribution in [0.4, 0.5) is 0 Å². The average Bonchev–Trinajstić information content (AvgIpc) is 3.14. The van der Waals surface area contributed by atoms with E-state index in [2.05, 4.69) is 38.9 Å². The molecule has 3 aliphatic rings. The molecule has 7 heteroatoms. The number of ether oxygens (including phenoxy) is 1. The summed E-state index contributed by atoms with van der Waals surface area (Å²) in [6, 6.07) is 0.651. The van der Waals surface area contributed by atoms with Crippen LogP contribution >= 0.6 is 24.0 Å². The molecule has 1 N–H and O–H groups in total. The second kappa shape index (κ2) is 10.4. The van der Waals surface area contributed by atoms with Crippen molar-refractivity contribution in [3.63, 3.8) is 0 Å². The highest BCUT2D eigenvalue weighted by atomic mass is 127. The SMILES string of the molecule is CN=C(NCC(C)(C)N1CCCCC1)N1CCC(N2CCOCC2)C1.I. The van der Waals surface area contributed by atoms with E-state index in [-0.39, 0.29) is 29.5 Å². The summed E-state index contributed by atoms with van der Waals surface area (Å²) in [5.41, 5.74) is 0.180. The van der Waals surface area contributed by atoms with Gasteiger partial charge in [-0.15, -0.1) is 24.0 Å². The van der Waals surface area contributed by atoms with Crippen molar-refractivity contribution in [1.29, 1.82) is 0 Å². The second-order valence-corrected chi connectivity index (χ2v) is 8.30. The van der Waals surface area contributed by atoms with Gasteiger partial charge in [-0.05, 0) is 46.2 Å². The molecule has 3 saturated heterocycles. The van der Waals surface area contributed by atoms with Crippen LogP contribution in [-0.2, 0) is 4.74 Å². The van der Waals surface area contributed by atoms with Gasteiger partial charge in [-0.1, -0.05) is 6.42 Å². The zero-order chi connectivity index (χ0) is 17.7. The Morgan fingerprint density at radius 3 is 2.42 bits per heavy atom. The summed E-state index contributed by atoms with van der Waals surface area (Å²) >= 11 is 0. The third kappa shape index (κ3) is 5.69. The van der Waals surface area contributed by atoms with Crippen molar-refractivity contribution in [3.8, 4) is 0 Å². The monoisotopic (exact) mass is 479 g/mol. The van der Waals surface area contributed by atoms with E-state index < -0.39 is 0 Å². The Morgan fingerprint density at radius 2 is 1.77 bits per heavy atom. The lowest BCUT2D eigenvalue weighted by molar-refractivity contribution is 0.0194. The molecule has 1 unspecified atom stereocenters. The fraction of sp³-hybridized carbons (Fsp3) is 0.947. The van der Waals surface area contributed by atoms with E-state index in [9.17, 15) is 0 Å². The number of piperidine rings is 1. The van der Waals surface area contributed by atoms with Gasteiger partial charge < -0.3 is 15.0 Å². The van der Waals surface area contributed by atoms with Gasteiger partial charge in [0.2, 0.25) is 0 Å². The highest BCUT2D eigenvalue weighted by molar-refractivity contribution is 14.0. The second-order valence-electron chi connectivity index (χ2n) is 8.30. The summed E-state index contributed by atoms with van der Waals surface area (Å²) in [6.45, 7) is 14.2. The smallest absolute Gasteiger partial charge is 0.193 e. The number of morpholine rings is 1. The van der Waals surface area contributed by atoms with Crippen LogP contribution in [0.1, 0.15) is 39.5 Å². The first-order valence-corrected chi connectivity index (χ1v) is 10.1. The van der Waals surface area contributed by atoms with Gasteiger partial charge in [0.05, 0.1) is 13.2 Å². The van der Waals surface area contributed by atoms with Gasteiger partial charge in [0.25, 0.3) is 0 Å². The molecule has 152 valence electrons. The molecular formula is C19H38IN5O. The average molecular weight is 479 g/mol. The van der Waals surface area contributed by atoms with Gasteiger partial charge in [-0.25, -0.2) is 0 Å². The molecule has 0 radical (unpaired) electrons. The van der Waals surface area contributed by atoms with Crippen molar-refractivity contribution in [2.24, 2.45) is 4.99 Å². The van der Waals surface area contributed by atoms with E-state index in [1.165, 1.54) is 38.8 Å². The first kappa shape index (κ1) is 22.2. The number of likely N-dealkylation sites (tertiary alicyclic amines) is 2. The van der Waals surface area contributed by atoms with Crippen LogP contribution in [-0.4, -0.2) is 98.3 Å². The molecule has 0 aromatic heterocycles. The first-order chi connectivity index (χ1) is 12.1. The van der Waals surface area contributed by atoms with E-state index in [1.807, 2.05) is 7.05 Å². The summed E-state index contributed by atoms with van der Waals surface area (Å²) in [4.78, 5) is 12.2. The summed E-state index contributed by atoms with van der Waals surface area (Å²) in [7, 11) is 1.91. The third-order valence-electron chi connectivity index (χ3n) is 6.13. The first-order valence-electron chi connectivity index (χ1n) is 10.1. The molecule has 0 aromatic rings. The number of aliphatic imine (C=N–C) groups is 1. The number of nitrogens with zero attached hydrogens (tertiary/aromatic N) is 4. The topological polar surface area (TPSA) is 43.3 Å². The van der Waals surface area contributed by atoms with Crippen LogP contribution in [0.2, 0.25) is 0 Å². The molecule has 26 heavy (non-hydrogen) atoms. The third-order valence-corrected chi connectivity index (χ3v) is 6.13. The Labute approximate surface area is 176 Å². The van der Waals surface area contributed by atoms with Crippen LogP contribution < -0.4 is 5.32 Å². The quantitative estimate of drug-likeness (QED) is 0.379. The molecule has 6 nitrogen and oxygen atoms in total. The minimum Gasteiger partial charge on any atom is -0.379 e. The van der Waals surface area contributed by atoms with Crippen molar-refractivity contribution in [2.45, 2.75) is 51.1 Å². The van der Waals surface area contributed by atoms with E-state index >= 15 is 0 Å². The van der Waals surface area contributed by atoms with Crippen molar-refractivity contribution in [3.05, 3.63) is 0 Å². The number of halogens is 1. The van der Waals surface area contributed by atoms with Crippen LogP contribution in [0, 0.1) is 0 Å². The van der Waals surface area contributed by atoms with Crippen LogP contribution in [0.25, 0.3) is 0 Å². The summed E-state index contributed by atoms with van der Waals surface area (Å²) < 4.78 is 5.49. The summed E-state index contributed by atoms with van der Waals surface area (Å²) in [5, 5.41) is 3.66. The largest absolute Gasteiger partial charge is 0.379 e. The molecule has 3 rings (SSSR count). The Balaban J connectivity index is 0.00000243. The molecule has 0 aromatic carbocycles. The number of hydrogen-bond donors (Lipinski definition) is 1.